The molecule has 0 bridgehead atoms. The first-order valence-corrected chi connectivity index (χ1v) is 12.7. The van der Waals surface area contributed by atoms with Crippen molar-refractivity contribution in [2.75, 3.05) is 5.32 Å². The molecular formula is C28H31BN2O2S. The fourth-order valence-electron chi connectivity index (χ4n) is 5.07. The molecule has 1 fully saturated rings. The minimum atomic E-state index is -0.372. The highest BCUT2D eigenvalue weighted by molar-refractivity contribution is 8.14. The number of allylic oxidation sites excluding steroid dienone is 5. The van der Waals surface area contributed by atoms with Crippen LogP contribution in [-0.4, -0.2) is 23.4 Å². The average Bonchev–Trinajstić information content (AvgIpc) is 3.05. The number of thioether (sulfide) groups is 1. The third kappa shape index (κ3) is 4.95. The Hall–Kier alpha value is -2.54. The van der Waals surface area contributed by atoms with Crippen LogP contribution in [0.4, 0.5) is 11.4 Å². The maximum absolute atomic E-state index is 8.64. The second-order valence-electron chi connectivity index (χ2n) is 10.4. The number of nitrogens with one attached hydrogen (secondary N) is 2. The summed E-state index contributed by atoms with van der Waals surface area (Å²) in [5, 5.41) is 12.8. The molecule has 34 heavy (non-hydrogen) atoms. The highest BCUT2D eigenvalue weighted by atomic mass is 32.2. The van der Waals surface area contributed by atoms with Crippen molar-refractivity contribution < 1.29 is 9.31 Å². The molecule has 2 aromatic carbocycles. The monoisotopic (exact) mass is 470 g/mol. The molecule has 0 aromatic heterocycles. The lowest BCUT2D eigenvalue weighted by molar-refractivity contribution is -0.0716. The minimum absolute atomic E-state index is 0.235. The molecular weight excluding hydrogens is 439 g/mol. The van der Waals surface area contributed by atoms with E-state index in [1.54, 1.807) is 0 Å². The molecule has 0 atom stereocenters. The Labute approximate surface area is 207 Å². The zero-order valence-electron chi connectivity index (χ0n) is 20.3. The molecule has 0 radical (unpaired) electrons. The van der Waals surface area contributed by atoms with Crippen LogP contribution in [0.3, 0.4) is 0 Å². The van der Waals surface area contributed by atoms with E-state index in [2.05, 4.69) is 81.6 Å². The molecule has 1 saturated heterocycles. The van der Waals surface area contributed by atoms with Gasteiger partial charge >= 0.3 is 7.12 Å². The number of benzene rings is 2. The van der Waals surface area contributed by atoms with E-state index in [0.29, 0.717) is 5.04 Å². The smallest absolute Gasteiger partial charge is 0.402 e. The van der Waals surface area contributed by atoms with Crippen molar-refractivity contribution >= 4 is 40.8 Å². The summed E-state index contributed by atoms with van der Waals surface area (Å²) >= 11 is 1.50. The van der Waals surface area contributed by atoms with E-state index >= 15 is 0 Å². The average molecular weight is 470 g/mol. The summed E-state index contributed by atoms with van der Waals surface area (Å²) in [6.07, 6.45) is 12.9. The van der Waals surface area contributed by atoms with Crippen LogP contribution < -0.4 is 10.8 Å². The molecule has 0 spiro atoms. The van der Waals surface area contributed by atoms with E-state index in [4.69, 9.17) is 14.7 Å². The van der Waals surface area contributed by atoms with E-state index in [0.717, 1.165) is 46.6 Å². The van der Waals surface area contributed by atoms with Gasteiger partial charge in [-0.15, -0.1) is 0 Å². The molecule has 1 aliphatic carbocycles. The summed E-state index contributed by atoms with van der Waals surface area (Å²) in [4.78, 5) is 1.07. The minimum Gasteiger partial charge on any atom is -0.402 e. The largest absolute Gasteiger partial charge is 0.494 e. The van der Waals surface area contributed by atoms with Crippen molar-refractivity contribution in [2.45, 2.75) is 63.1 Å². The van der Waals surface area contributed by atoms with Gasteiger partial charge in [0, 0.05) is 29.0 Å². The lowest BCUT2D eigenvalue weighted by Crippen LogP contribution is -2.56. The molecule has 0 amide bonds. The van der Waals surface area contributed by atoms with E-state index in [1.165, 1.54) is 22.9 Å². The Morgan fingerprint density at radius 1 is 1.03 bits per heavy atom. The Morgan fingerprint density at radius 2 is 1.82 bits per heavy atom. The number of fused-ring (bicyclic) bond motifs is 2. The van der Waals surface area contributed by atoms with Crippen molar-refractivity contribution in [3.05, 3.63) is 83.5 Å². The summed E-state index contributed by atoms with van der Waals surface area (Å²) in [6, 6.07) is 12.8. The fraction of sp³-hybridized carbons (Fsp3) is 0.321. The van der Waals surface area contributed by atoms with Crippen LogP contribution in [-0.2, 0) is 15.7 Å². The highest BCUT2D eigenvalue weighted by Crippen LogP contribution is 2.40. The molecule has 2 aromatic rings. The van der Waals surface area contributed by atoms with Gasteiger partial charge in [-0.3, -0.25) is 5.41 Å². The van der Waals surface area contributed by atoms with Crippen molar-refractivity contribution in [2.24, 2.45) is 0 Å². The van der Waals surface area contributed by atoms with E-state index < -0.39 is 0 Å². The van der Waals surface area contributed by atoms with Crippen molar-refractivity contribution in [1.29, 1.82) is 5.41 Å². The van der Waals surface area contributed by atoms with Crippen molar-refractivity contribution in [3.8, 4) is 0 Å². The fourth-order valence-corrected chi connectivity index (χ4v) is 5.97. The van der Waals surface area contributed by atoms with Gasteiger partial charge in [0.15, 0.2) is 0 Å². The van der Waals surface area contributed by atoms with Gasteiger partial charge in [-0.1, -0.05) is 66.4 Å². The van der Waals surface area contributed by atoms with E-state index in [1.807, 2.05) is 18.2 Å². The normalized spacial score (nSPS) is 20.0. The molecule has 3 aliphatic rings. The highest BCUT2D eigenvalue weighted by Gasteiger charge is 2.43. The maximum atomic E-state index is 8.64. The van der Waals surface area contributed by atoms with Crippen molar-refractivity contribution in [1.82, 2.24) is 0 Å². The molecule has 174 valence electrons. The molecule has 2 N–H and O–H groups in total. The van der Waals surface area contributed by atoms with Gasteiger partial charge in [-0.2, -0.15) is 0 Å². The number of para-hydroxylation sites is 1. The van der Waals surface area contributed by atoms with Crippen molar-refractivity contribution in [3.63, 3.8) is 0 Å². The summed E-state index contributed by atoms with van der Waals surface area (Å²) in [7, 11) is -0.372. The predicted octanol–water partition coefficient (Wildman–Crippen LogP) is 6.54. The van der Waals surface area contributed by atoms with Gasteiger partial charge in [0.25, 0.3) is 0 Å². The van der Waals surface area contributed by atoms with Crippen LogP contribution in [0.1, 0.15) is 51.7 Å². The zero-order chi connectivity index (χ0) is 23.9. The van der Waals surface area contributed by atoms with Gasteiger partial charge in [-0.25, -0.2) is 0 Å². The molecule has 5 rings (SSSR count). The van der Waals surface area contributed by atoms with Gasteiger partial charge in [-0.05, 0) is 62.8 Å². The standard InChI is InChI=1S/C28H31BN2O2S/c1-27(2)18-28(3,4)33-29(32-27)22-14-15-23-21(17-22)16-20-12-9-13-24(25(20)31-23)34-26(30)19-10-7-5-6-8-11-19/h5,7-15,17,30-31H,6,16,18H2,1-4H3. The molecule has 0 unspecified atom stereocenters. The molecule has 0 saturated carbocycles. The van der Waals surface area contributed by atoms with Crippen LogP contribution in [0.5, 0.6) is 0 Å². The predicted molar refractivity (Wildman–Crippen MR) is 144 cm³/mol. The Bertz CT molecular complexity index is 1210. The quantitative estimate of drug-likeness (QED) is 0.198. The number of anilines is 2. The number of hydrogen-bond acceptors (Lipinski definition) is 5. The first-order chi connectivity index (χ1) is 16.2. The third-order valence-electron chi connectivity index (χ3n) is 6.31. The topological polar surface area (TPSA) is 54.3 Å². The first-order valence-electron chi connectivity index (χ1n) is 11.9. The lowest BCUT2D eigenvalue weighted by atomic mass is 9.72. The molecule has 2 aliphatic heterocycles. The lowest BCUT2D eigenvalue weighted by Gasteiger charge is -2.44. The Kier molecular flexibility index (Phi) is 6.09. The summed E-state index contributed by atoms with van der Waals surface area (Å²) in [6.45, 7) is 8.53. The summed E-state index contributed by atoms with van der Waals surface area (Å²) in [5.74, 6) is 0. The summed E-state index contributed by atoms with van der Waals surface area (Å²) in [5.41, 5.74) is 6.19. The van der Waals surface area contributed by atoms with Crippen LogP contribution in [0.15, 0.2) is 77.2 Å². The summed E-state index contributed by atoms with van der Waals surface area (Å²) < 4.78 is 12.6. The van der Waals surface area contributed by atoms with Gasteiger partial charge in [0.2, 0.25) is 0 Å². The second kappa shape index (κ2) is 8.92. The first kappa shape index (κ1) is 23.2. The molecule has 2 heterocycles. The number of hydrogen-bond donors (Lipinski definition) is 2. The number of rotatable bonds is 3. The zero-order valence-corrected chi connectivity index (χ0v) is 21.1. The Balaban J connectivity index is 1.38. The van der Waals surface area contributed by atoms with Gasteiger partial charge in [0.1, 0.15) is 0 Å². The molecule has 4 nitrogen and oxygen atoms in total. The van der Waals surface area contributed by atoms with Crippen LogP contribution in [0.2, 0.25) is 0 Å². The Morgan fingerprint density at radius 3 is 2.62 bits per heavy atom. The third-order valence-corrected chi connectivity index (χ3v) is 7.31. The van der Waals surface area contributed by atoms with Crippen LogP contribution >= 0.6 is 11.8 Å². The maximum Gasteiger partial charge on any atom is 0.494 e. The molecule has 6 heteroatoms. The second-order valence-corrected chi connectivity index (χ2v) is 11.4. The van der Waals surface area contributed by atoms with Gasteiger partial charge in [0.05, 0.1) is 21.9 Å². The van der Waals surface area contributed by atoms with E-state index in [9.17, 15) is 0 Å². The van der Waals surface area contributed by atoms with Crippen LogP contribution in [0, 0.1) is 5.41 Å². The van der Waals surface area contributed by atoms with E-state index in [-0.39, 0.29) is 18.3 Å². The van der Waals surface area contributed by atoms with Gasteiger partial charge < -0.3 is 14.6 Å². The van der Waals surface area contributed by atoms with Crippen LogP contribution in [0.25, 0.3) is 0 Å². The SMILES string of the molecule is CC1(C)CC(C)(C)OB(c2ccc3c(c2)Cc2cccc(SC(=N)C4=CC=CCC=C4)c2N3)O1.